The lowest BCUT2D eigenvalue weighted by atomic mass is 10.2. The Hall–Kier alpha value is -2.84. The zero-order valence-electron chi connectivity index (χ0n) is 13.6. The van der Waals surface area contributed by atoms with Crippen molar-refractivity contribution < 1.29 is 19.4 Å². The number of amides is 2. The maximum atomic E-state index is 12.6. The average Bonchev–Trinajstić information content (AvgIpc) is 2.90. The Kier molecular flexibility index (Phi) is 5.24. The van der Waals surface area contributed by atoms with Crippen LogP contribution in [0.3, 0.4) is 0 Å². The predicted octanol–water partition coefficient (Wildman–Crippen LogP) is 2.95. The Balaban J connectivity index is 1.79. The Labute approximate surface area is 159 Å². The Morgan fingerprint density at radius 1 is 1.23 bits per heavy atom. The third-order valence-electron chi connectivity index (χ3n) is 3.56. The molecule has 1 fully saturated rings. The second-order valence-corrected chi connectivity index (χ2v) is 6.92. The second-order valence-electron chi connectivity index (χ2n) is 5.25. The number of thioether (sulfide) groups is 1. The van der Waals surface area contributed by atoms with E-state index < -0.39 is 11.8 Å². The van der Waals surface area contributed by atoms with Gasteiger partial charge in [-0.15, -0.1) is 0 Å². The van der Waals surface area contributed by atoms with Crippen LogP contribution in [0.5, 0.6) is 11.5 Å². The summed E-state index contributed by atoms with van der Waals surface area (Å²) in [5, 5.41) is 10.3. The molecule has 1 saturated heterocycles. The largest absolute Gasteiger partial charge is 0.508 e. The van der Waals surface area contributed by atoms with Crippen molar-refractivity contribution in [1.29, 1.82) is 0 Å². The number of hydrogen-bond acceptors (Lipinski definition) is 6. The number of methoxy groups -OCH3 is 1. The molecule has 1 aliphatic heterocycles. The minimum atomic E-state index is -0.500. The van der Waals surface area contributed by atoms with E-state index in [-0.39, 0.29) is 10.1 Å². The first-order valence-electron chi connectivity index (χ1n) is 7.50. The molecule has 0 radical (unpaired) electrons. The lowest BCUT2D eigenvalue weighted by Crippen LogP contribution is -2.44. The Morgan fingerprint density at radius 2 is 1.92 bits per heavy atom. The van der Waals surface area contributed by atoms with Crippen molar-refractivity contribution in [1.82, 2.24) is 10.4 Å². The molecule has 0 saturated carbocycles. The molecule has 2 amide bonds. The summed E-state index contributed by atoms with van der Waals surface area (Å²) >= 11 is 6.30. The van der Waals surface area contributed by atoms with Crippen molar-refractivity contribution in [2.24, 2.45) is 0 Å². The number of aromatic hydroxyl groups is 1. The molecule has 6 nitrogen and oxygen atoms in total. The monoisotopic (exact) mass is 386 g/mol. The number of ether oxygens (including phenoxy) is 1. The van der Waals surface area contributed by atoms with E-state index in [9.17, 15) is 14.7 Å². The van der Waals surface area contributed by atoms with Gasteiger partial charge < -0.3 is 9.84 Å². The van der Waals surface area contributed by atoms with Crippen LogP contribution in [0.2, 0.25) is 0 Å². The van der Waals surface area contributed by atoms with Gasteiger partial charge in [-0.25, -0.2) is 0 Å². The molecule has 2 N–H and O–H groups in total. The van der Waals surface area contributed by atoms with Crippen LogP contribution in [0, 0.1) is 0 Å². The normalized spacial score (nSPS) is 15.4. The van der Waals surface area contributed by atoms with Crippen LogP contribution in [0.25, 0.3) is 6.08 Å². The summed E-state index contributed by atoms with van der Waals surface area (Å²) in [5.74, 6) is -0.240. The molecule has 8 heteroatoms. The van der Waals surface area contributed by atoms with E-state index in [1.165, 1.54) is 24.3 Å². The number of thiocarbonyl (C=S) groups is 1. The first-order chi connectivity index (χ1) is 12.5. The molecular weight excluding hydrogens is 372 g/mol. The van der Waals surface area contributed by atoms with Crippen LogP contribution < -0.4 is 10.2 Å². The summed E-state index contributed by atoms with van der Waals surface area (Å²) < 4.78 is 5.50. The first kappa shape index (κ1) is 18.0. The van der Waals surface area contributed by atoms with Crippen LogP contribution in [0.1, 0.15) is 15.9 Å². The van der Waals surface area contributed by atoms with Crippen molar-refractivity contribution >= 4 is 46.2 Å². The van der Waals surface area contributed by atoms with E-state index in [2.05, 4.69) is 5.43 Å². The minimum Gasteiger partial charge on any atom is -0.508 e. The predicted molar refractivity (Wildman–Crippen MR) is 104 cm³/mol. The summed E-state index contributed by atoms with van der Waals surface area (Å²) in [4.78, 5) is 25.2. The first-order valence-corrected chi connectivity index (χ1v) is 8.73. The SMILES string of the molecule is COc1ccccc1C=C1SC(=S)N(NC(=O)c2ccc(O)cc2)C1=O. The van der Waals surface area contributed by atoms with Gasteiger partial charge in [-0.1, -0.05) is 30.0 Å². The van der Waals surface area contributed by atoms with Crippen molar-refractivity contribution in [3.05, 3.63) is 64.6 Å². The molecule has 1 heterocycles. The van der Waals surface area contributed by atoms with Gasteiger partial charge in [0.05, 0.1) is 12.0 Å². The maximum Gasteiger partial charge on any atom is 0.285 e. The molecule has 1 aliphatic rings. The van der Waals surface area contributed by atoms with Crippen molar-refractivity contribution in [2.45, 2.75) is 0 Å². The van der Waals surface area contributed by atoms with Crippen molar-refractivity contribution in [3.8, 4) is 11.5 Å². The van der Waals surface area contributed by atoms with Crippen molar-refractivity contribution in [2.75, 3.05) is 7.11 Å². The third-order valence-corrected chi connectivity index (χ3v) is 4.86. The molecule has 0 unspecified atom stereocenters. The highest BCUT2D eigenvalue weighted by molar-refractivity contribution is 8.26. The molecule has 0 spiro atoms. The van der Waals surface area contributed by atoms with Crippen LogP contribution in [-0.4, -0.2) is 33.4 Å². The fourth-order valence-corrected chi connectivity index (χ4v) is 3.44. The van der Waals surface area contributed by atoms with Crippen molar-refractivity contribution in [3.63, 3.8) is 0 Å². The summed E-state index contributed by atoms with van der Waals surface area (Å²) in [6.07, 6.45) is 1.67. The number of phenolic OH excluding ortho intramolecular Hbond substituents is 1. The van der Waals surface area contributed by atoms with Gasteiger partial charge in [-0.2, -0.15) is 5.01 Å². The van der Waals surface area contributed by atoms with Crippen LogP contribution in [-0.2, 0) is 4.79 Å². The zero-order valence-corrected chi connectivity index (χ0v) is 15.3. The molecule has 132 valence electrons. The average molecular weight is 386 g/mol. The number of hydrogen-bond donors (Lipinski definition) is 2. The Bertz CT molecular complexity index is 910. The number of para-hydroxylation sites is 1. The molecule has 3 rings (SSSR count). The lowest BCUT2D eigenvalue weighted by Gasteiger charge is -2.15. The van der Waals surface area contributed by atoms with E-state index in [1.807, 2.05) is 18.2 Å². The fraction of sp³-hybridized carbons (Fsp3) is 0.0556. The van der Waals surface area contributed by atoms with E-state index >= 15 is 0 Å². The molecule has 2 aromatic carbocycles. The van der Waals surface area contributed by atoms with Crippen LogP contribution in [0.15, 0.2) is 53.4 Å². The summed E-state index contributed by atoms with van der Waals surface area (Å²) in [6.45, 7) is 0. The molecule has 0 atom stereocenters. The number of nitrogens with one attached hydrogen (secondary N) is 1. The number of benzene rings is 2. The van der Waals surface area contributed by atoms with Gasteiger partial charge in [0.1, 0.15) is 11.5 Å². The second kappa shape index (κ2) is 7.59. The van der Waals surface area contributed by atoms with Gasteiger partial charge >= 0.3 is 0 Å². The highest BCUT2D eigenvalue weighted by atomic mass is 32.2. The summed E-state index contributed by atoms with van der Waals surface area (Å²) in [5.41, 5.74) is 3.52. The maximum absolute atomic E-state index is 12.6. The van der Waals surface area contributed by atoms with E-state index in [4.69, 9.17) is 17.0 Å². The number of hydrazine groups is 1. The van der Waals surface area contributed by atoms with E-state index in [0.29, 0.717) is 16.2 Å². The van der Waals surface area contributed by atoms with E-state index in [1.54, 1.807) is 19.3 Å². The summed E-state index contributed by atoms with van der Waals surface area (Å²) in [7, 11) is 1.55. The highest BCUT2D eigenvalue weighted by Crippen LogP contribution is 2.33. The van der Waals surface area contributed by atoms with Crippen LogP contribution in [0.4, 0.5) is 0 Å². The molecular formula is C18H14N2O4S2. The molecule has 2 aromatic rings. The minimum absolute atomic E-state index is 0.0481. The highest BCUT2D eigenvalue weighted by Gasteiger charge is 2.34. The smallest absolute Gasteiger partial charge is 0.285 e. The third kappa shape index (κ3) is 3.71. The molecule has 0 bridgehead atoms. The van der Waals surface area contributed by atoms with Crippen LogP contribution >= 0.6 is 24.0 Å². The van der Waals surface area contributed by atoms with Gasteiger partial charge in [0, 0.05) is 11.1 Å². The molecule has 26 heavy (non-hydrogen) atoms. The Morgan fingerprint density at radius 3 is 2.62 bits per heavy atom. The topological polar surface area (TPSA) is 78.9 Å². The molecule has 0 aliphatic carbocycles. The standard InChI is InChI=1S/C18H14N2O4S2/c1-24-14-5-3-2-4-12(14)10-15-17(23)20(18(25)26-15)19-16(22)11-6-8-13(21)9-7-11/h2-10,21H,1H3,(H,19,22). The van der Waals surface area contributed by atoms with Gasteiger partial charge in [0.15, 0.2) is 4.32 Å². The number of phenols is 1. The van der Waals surface area contributed by atoms with Gasteiger partial charge in [0.25, 0.3) is 11.8 Å². The fourth-order valence-electron chi connectivity index (χ4n) is 2.27. The quantitative estimate of drug-likeness (QED) is 0.621. The zero-order chi connectivity index (χ0) is 18.7. The number of nitrogens with zero attached hydrogens (tertiary/aromatic N) is 1. The van der Waals surface area contributed by atoms with Gasteiger partial charge in [0.2, 0.25) is 0 Å². The number of carbonyl (C=O) groups excluding carboxylic acids is 2. The van der Waals surface area contributed by atoms with Gasteiger partial charge in [-0.3, -0.25) is 15.0 Å². The molecule has 0 aromatic heterocycles. The van der Waals surface area contributed by atoms with E-state index in [0.717, 1.165) is 22.3 Å². The summed E-state index contributed by atoms with van der Waals surface area (Å²) in [6, 6.07) is 13.0. The number of rotatable bonds is 4. The lowest BCUT2D eigenvalue weighted by molar-refractivity contribution is -0.123. The number of carbonyl (C=O) groups is 2. The van der Waals surface area contributed by atoms with Gasteiger partial charge in [-0.05, 0) is 48.6 Å².